The molecular formula is C20H17ClN4O3S2. The van der Waals surface area contributed by atoms with Crippen LogP contribution in [0, 0.1) is 6.92 Å². The molecule has 0 saturated carbocycles. The Bertz CT molecular complexity index is 1380. The van der Waals surface area contributed by atoms with Crippen LogP contribution in [0.25, 0.3) is 22.2 Å². The summed E-state index contributed by atoms with van der Waals surface area (Å²) in [6.07, 6.45) is 0. The number of hydrogen-bond donors (Lipinski definition) is 3. The van der Waals surface area contributed by atoms with Crippen molar-refractivity contribution in [1.82, 2.24) is 14.7 Å². The molecule has 10 heteroatoms. The zero-order valence-corrected chi connectivity index (χ0v) is 18.4. The number of benzene rings is 2. The number of H-pyrrole nitrogens is 1. The fourth-order valence-electron chi connectivity index (χ4n) is 3.18. The zero-order chi connectivity index (χ0) is 21.5. The van der Waals surface area contributed by atoms with Gasteiger partial charge in [0, 0.05) is 33.1 Å². The van der Waals surface area contributed by atoms with Gasteiger partial charge in [-0.15, -0.1) is 11.3 Å². The summed E-state index contributed by atoms with van der Waals surface area (Å²) < 4.78 is 26.4. The second-order valence-corrected chi connectivity index (χ2v) is 9.64. The van der Waals surface area contributed by atoms with Crippen molar-refractivity contribution in [1.29, 1.82) is 0 Å². The molecule has 0 aliphatic rings. The van der Waals surface area contributed by atoms with E-state index in [-0.39, 0.29) is 15.5 Å². The van der Waals surface area contributed by atoms with Crippen LogP contribution in [0.1, 0.15) is 16.1 Å². The quantitative estimate of drug-likeness (QED) is 0.410. The lowest BCUT2D eigenvalue weighted by molar-refractivity contribution is 0.102. The van der Waals surface area contributed by atoms with E-state index in [1.807, 2.05) is 36.6 Å². The topological polar surface area (TPSA) is 104 Å². The van der Waals surface area contributed by atoms with Gasteiger partial charge in [0.05, 0.1) is 10.7 Å². The van der Waals surface area contributed by atoms with E-state index >= 15 is 0 Å². The molecule has 0 fully saturated rings. The maximum absolute atomic E-state index is 12.7. The summed E-state index contributed by atoms with van der Waals surface area (Å²) >= 11 is 7.27. The highest BCUT2D eigenvalue weighted by Crippen LogP contribution is 2.34. The first-order valence-corrected chi connectivity index (χ1v) is 11.6. The molecule has 0 saturated heterocycles. The molecule has 0 unspecified atom stereocenters. The molecule has 0 radical (unpaired) electrons. The number of hydrogen-bond acceptors (Lipinski definition) is 5. The van der Waals surface area contributed by atoms with Crippen molar-refractivity contribution in [2.75, 3.05) is 12.4 Å². The van der Waals surface area contributed by atoms with Gasteiger partial charge in [-0.2, -0.15) is 0 Å². The molecular weight excluding hydrogens is 444 g/mol. The van der Waals surface area contributed by atoms with Crippen LogP contribution in [0.5, 0.6) is 0 Å². The van der Waals surface area contributed by atoms with Crippen molar-refractivity contribution in [2.24, 2.45) is 0 Å². The molecule has 3 N–H and O–H groups in total. The Morgan fingerprint density at radius 1 is 1.20 bits per heavy atom. The molecule has 0 bridgehead atoms. The summed E-state index contributed by atoms with van der Waals surface area (Å²) in [5.41, 5.74) is 3.89. The summed E-state index contributed by atoms with van der Waals surface area (Å²) in [6, 6.07) is 12.0. The van der Waals surface area contributed by atoms with E-state index in [4.69, 9.17) is 11.6 Å². The normalized spacial score (nSPS) is 11.7. The Balaban J connectivity index is 1.62. The minimum atomic E-state index is -3.79. The van der Waals surface area contributed by atoms with Crippen molar-refractivity contribution in [2.45, 2.75) is 11.8 Å². The molecule has 4 aromatic rings. The van der Waals surface area contributed by atoms with Crippen LogP contribution < -0.4 is 10.0 Å². The number of para-hydroxylation sites is 1. The largest absolute Gasteiger partial charge is 0.358 e. The molecule has 7 nitrogen and oxygen atoms in total. The molecule has 2 heterocycles. The molecule has 2 aromatic heterocycles. The van der Waals surface area contributed by atoms with Gasteiger partial charge >= 0.3 is 0 Å². The van der Waals surface area contributed by atoms with Crippen molar-refractivity contribution in [3.63, 3.8) is 0 Å². The first-order chi connectivity index (χ1) is 14.3. The Morgan fingerprint density at radius 2 is 1.97 bits per heavy atom. The first-order valence-electron chi connectivity index (χ1n) is 8.88. The van der Waals surface area contributed by atoms with E-state index in [1.165, 1.54) is 36.6 Å². The van der Waals surface area contributed by atoms with Crippen LogP contribution in [0.2, 0.25) is 5.02 Å². The number of fused-ring (bicyclic) bond motifs is 1. The van der Waals surface area contributed by atoms with E-state index in [0.717, 1.165) is 27.9 Å². The molecule has 0 spiro atoms. The number of anilines is 1. The summed E-state index contributed by atoms with van der Waals surface area (Å²) in [5.74, 6) is -0.476. The minimum absolute atomic E-state index is 0.0345. The third-order valence-corrected chi connectivity index (χ3v) is 7.28. The van der Waals surface area contributed by atoms with E-state index in [1.54, 1.807) is 0 Å². The Labute approximate surface area is 182 Å². The lowest BCUT2D eigenvalue weighted by atomic mass is 10.1. The van der Waals surface area contributed by atoms with Gasteiger partial charge in [-0.3, -0.25) is 10.1 Å². The molecule has 1 amide bonds. The number of halogens is 1. The number of amides is 1. The Hall–Kier alpha value is -2.72. The van der Waals surface area contributed by atoms with Crippen molar-refractivity contribution in [3.8, 4) is 11.3 Å². The van der Waals surface area contributed by atoms with Gasteiger partial charge in [0.1, 0.15) is 4.90 Å². The Morgan fingerprint density at radius 3 is 2.73 bits per heavy atom. The molecule has 30 heavy (non-hydrogen) atoms. The van der Waals surface area contributed by atoms with E-state index in [2.05, 4.69) is 20.0 Å². The standard InChI is InChI=1S/C20H17ClN4O3S2/c1-11-18(13-5-3-4-6-15(13)23-11)16-10-29-20(24-16)25-19(26)12-7-8-14(21)17(9-12)30(27,28)22-2/h3-10,22-23H,1-2H3,(H,24,25,26). The average molecular weight is 461 g/mol. The summed E-state index contributed by atoms with van der Waals surface area (Å²) in [6.45, 7) is 1.98. The van der Waals surface area contributed by atoms with E-state index < -0.39 is 15.9 Å². The Kier molecular flexibility index (Phi) is 5.37. The number of sulfonamides is 1. The summed E-state index contributed by atoms with van der Waals surface area (Å²) in [5, 5.41) is 6.09. The van der Waals surface area contributed by atoms with Crippen LogP contribution in [0.4, 0.5) is 5.13 Å². The second kappa shape index (κ2) is 7.84. The number of nitrogens with zero attached hydrogens (tertiary/aromatic N) is 1. The number of rotatable bonds is 5. The minimum Gasteiger partial charge on any atom is -0.358 e. The van der Waals surface area contributed by atoms with Crippen molar-refractivity contribution >= 4 is 54.9 Å². The molecule has 0 aliphatic carbocycles. The maximum Gasteiger partial charge on any atom is 0.257 e. The van der Waals surface area contributed by atoms with Gasteiger partial charge in [-0.1, -0.05) is 29.8 Å². The number of thiazole rings is 1. The van der Waals surface area contributed by atoms with Gasteiger partial charge in [-0.25, -0.2) is 18.1 Å². The smallest absolute Gasteiger partial charge is 0.257 e. The number of aromatic amines is 1. The van der Waals surface area contributed by atoms with Crippen molar-refractivity contribution in [3.05, 3.63) is 64.1 Å². The molecule has 2 aromatic carbocycles. The number of nitrogens with one attached hydrogen (secondary N) is 3. The lowest BCUT2D eigenvalue weighted by Crippen LogP contribution is -2.20. The highest BCUT2D eigenvalue weighted by molar-refractivity contribution is 7.89. The highest BCUT2D eigenvalue weighted by atomic mass is 35.5. The van der Waals surface area contributed by atoms with Crippen LogP contribution >= 0.6 is 22.9 Å². The lowest BCUT2D eigenvalue weighted by Gasteiger charge is -2.07. The van der Waals surface area contributed by atoms with Crippen LogP contribution in [-0.4, -0.2) is 31.3 Å². The van der Waals surface area contributed by atoms with Gasteiger partial charge in [0.25, 0.3) is 5.91 Å². The number of aryl methyl sites for hydroxylation is 1. The number of carbonyl (C=O) groups excluding carboxylic acids is 1. The third kappa shape index (κ3) is 3.72. The highest BCUT2D eigenvalue weighted by Gasteiger charge is 2.20. The summed E-state index contributed by atoms with van der Waals surface area (Å²) in [4.78, 5) is 20.4. The molecule has 4 rings (SSSR count). The fourth-order valence-corrected chi connectivity index (χ4v) is 5.13. The van der Waals surface area contributed by atoms with Crippen LogP contribution in [-0.2, 0) is 10.0 Å². The fraction of sp³-hybridized carbons (Fsp3) is 0.100. The van der Waals surface area contributed by atoms with E-state index in [9.17, 15) is 13.2 Å². The van der Waals surface area contributed by atoms with E-state index in [0.29, 0.717) is 5.13 Å². The predicted molar refractivity (Wildman–Crippen MR) is 120 cm³/mol. The number of aromatic nitrogens is 2. The van der Waals surface area contributed by atoms with Crippen LogP contribution in [0.3, 0.4) is 0 Å². The van der Waals surface area contributed by atoms with Crippen molar-refractivity contribution < 1.29 is 13.2 Å². The van der Waals surface area contributed by atoms with Gasteiger partial charge in [0.2, 0.25) is 10.0 Å². The SMILES string of the molecule is CNS(=O)(=O)c1cc(C(=O)Nc2nc(-c3c(C)[nH]c4ccccc34)cs2)ccc1Cl. The molecule has 0 aliphatic heterocycles. The third-order valence-electron chi connectivity index (χ3n) is 4.63. The molecule has 154 valence electrons. The summed E-state index contributed by atoms with van der Waals surface area (Å²) in [7, 11) is -2.51. The van der Waals surface area contributed by atoms with Crippen LogP contribution in [0.15, 0.2) is 52.7 Å². The molecule has 0 atom stereocenters. The predicted octanol–water partition coefficient (Wildman–Crippen LogP) is 4.41. The van der Waals surface area contributed by atoms with Gasteiger partial charge in [0.15, 0.2) is 5.13 Å². The monoisotopic (exact) mass is 460 g/mol. The second-order valence-electron chi connectivity index (χ2n) is 6.52. The maximum atomic E-state index is 12.7. The average Bonchev–Trinajstić information content (AvgIpc) is 3.30. The first kappa shape index (κ1) is 20.5. The zero-order valence-electron chi connectivity index (χ0n) is 16.0. The van der Waals surface area contributed by atoms with Gasteiger partial charge < -0.3 is 4.98 Å². The number of carbonyl (C=O) groups is 1. The van der Waals surface area contributed by atoms with Gasteiger partial charge in [-0.05, 0) is 38.2 Å².